The first-order valence-electron chi connectivity index (χ1n) is 8.44. The minimum Gasteiger partial charge on any atom is -0.481 e. The predicted octanol–water partition coefficient (Wildman–Crippen LogP) is 1.86. The summed E-state index contributed by atoms with van der Waals surface area (Å²) in [6.07, 6.45) is 1.25. The highest BCUT2D eigenvalue weighted by Gasteiger charge is 2.27. The number of hydrogen-bond donors (Lipinski definition) is 2. The smallest absolute Gasteiger partial charge is 0.335 e. The number of anilines is 1. The molecule has 1 fully saturated rings. The lowest BCUT2D eigenvalue weighted by Gasteiger charge is -2.16. The molecule has 1 atom stereocenters. The molecular formula is C17H20N4O6S. The molecule has 10 nitrogen and oxygen atoms in total. The number of nitrogens with one attached hydrogen (secondary N) is 2. The summed E-state index contributed by atoms with van der Waals surface area (Å²) >= 11 is 0. The van der Waals surface area contributed by atoms with E-state index in [4.69, 9.17) is 14.2 Å². The van der Waals surface area contributed by atoms with E-state index in [2.05, 4.69) is 15.3 Å². The number of carbonyl (C=O) groups is 1. The molecule has 0 aliphatic carbocycles. The summed E-state index contributed by atoms with van der Waals surface area (Å²) in [4.78, 5) is 20.1. The van der Waals surface area contributed by atoms with Crippen molar-refractivity contribution in [3.05, 3.63) is 35.9 Å². The van der Waals surface area contributed by atoms with Gasteiger partial charge in [0.25, 0.3) is 10.0 Å². The number of ether oxygens (including phenoxy) is 3. The van der Waals surface area contributed by atoms with Crippen LogP contribution in [0.2, 0.25) is 0 Å². The maximum absolute atomic E-state index is 12.7. The molecule has 2 heterocycles. The highest BCUT2D eigenvalue weighted by Crippen LogP contribution is 2.32. The van der Waals surface area contributed by atoms with Gasteiger partial charge >= 0.3 is 6.03 Å². The van der Waals surface area contributed by atoms with E-state index < -0.39 is 16.1 Å². The van der Waals surface area contributed by atoms with Crippen molar-refractivity contribution < 1.29 is 27.4 Å². The summed E-state index contributed by atoms with van der Waals surface area (Å²) in [6.45, 7) is 0.571. The van der Waals surface area contributed by atoms with Gasteiger partial charge in [0, 0.05) is 12.2 Å². The van der Waals surface area contributed by atoms with Crippen LogP contribution in [0.15, 0.2) is 35.2 Å². The Labute approximate surface area is 162 Å². The number of aromatic nitrogens is 2. The fourth-order valence-corrected chi connectivity index (χ4v) is 3.96. The van der Waals surface area contributed by atoms with Crippen LogP contribution in [0.5, 0.6) is 11.8 Å². The number of methoxy groups -OCH3 is 2. The van der Waals surface area contributed by atoms with Crippen LogP contribution in [0.1, 0.15) is 24.5 Å². The molecule has 3 rings (SSSR count). The summed E-state index contributed by atoms with van der Waals surface area (Å²) in [6, 6.07) is 6.82. The van der Waals surface area contributed by atoms with Crippen molar-refractivity contribution in [2.24, 2.45) is 0 Å². The van der Waals surface area contributed by atoms with E-state index in [1.165, 1.54) is 26.4 Å². The maximum Gasteiger partial charge on any atom is 0.335 e. The third kappa shape index (κ3) is 4.49. The van der Waals surface area contributed by atoms with Gasteiger partial charge in [-0.15, -0.1) is 0 Å². The first-order valence-corrected chi connectivity index (χ1v) is 9.92. The van der Waals surface area contributed by atoms with Gasteiger partial charge in [0.15, 0.2) is 0 Å². The van der Waals surface area contributed by atoms with Crippen molar-refractivity contribution in [3.8, 4) is 11.8 Å². The average molecular weight is 408 g/mol. The van der Waals surface area contributed by atoms with Crippen molar-refractivity contribution >= 4 is 22.0 Å². The van der Waals surface area contributed by atoms with Crippen molar-refractivity contribution in [3.63, 3.8) is 0 Å². The lowest BCUT2D eigenvalue weighted by molar-refractivity contribution is 0.110. The highest BCUT2D eigenvalue weighted by atomic mass is 32.2. The second-order valence-electron chi connectivity index (χ2n) is 5.88. The number of sulfonamides is 1. The molecule has 1 saturated heterocycles. The van der Waals surface area contributed by atoms with Crippen LogP contribution in [-0.4, -0.2) is 45.2 Å². The lowest BCUT2D eigenvalue weighted by Crippen LogP contribution is -2.35. The van der Waals surface area contributed by atoms with Crippen molar-refractivity contribution in [1.29, 1.82) is 0 Å². The predicted molar refractivity (Wildman–Crippen MR) is 98.8 cm³/mol. The van der Waals surface area contributed by atoms with Crippen LogP contribution in [0.25, 0.3) is 0 Å². The van der Waals surface area contributed by atoms with E-state index in [0.717, 1.165) is 12.8 Å². The number of rotatable bonds is 6. The average Bonchev–Trinajstić information content (AvgIpc) is 3.21. The molecule has 1 aromatic carbocycles. The van der Waals surface area contributed by atoms with Crippen LogP contribution in [0, 0.1) is 0 Å². The highest BCUT2D eigenvalue weighted by molar-refractivity contribution is 7.90. The van der Waals surface area contributed by atoms with Gasteiger partial charge in [0.2, 0.25) is 17.7 Å². The SMILES string of the molecule is COc1cc(OC)nc(NC(=O)NS(=O)(=O)c2ccccc2C2CCCO2)n1. The Morgan fingerprint density at radius 1 is 1.18 bits per heavy atom. The maximum atomic E-state index is 12.7. The molecule has 2 N–H and O–H groups in total. The van der Waals surface area contributed by atoms with Gasteiger partial charge in [-0.1, -0.05) is 18.2 Å². The zero-order valence-corrected chi connectivity index (χ0v) is 16.2. The van der Waals surface area contributed by atoms with Gasteiger partial charge in [-0.2, -0.15) is 9.97 Å². The molecule has 1 aliphatic rings. The minimum atomic E-state index is -4.14. The van der Waals surface area contributed by atoms with Gasteiger partial charge < -0.3 is 14.2 Å². The van der Waals surface area contributed by atoms with E-state index in [-0.39, 0.29) is 28.7 Å². The number of hydrogen-bond acceptors (Lipinski definition) is 8. The molecule has 0 radical (unpaired) electrons. The van der Waals surface area contributed by atoms with Crippen molar-refractivity contribution in [2.75, 3.05) is 26.1 Å². The molecule has 2 amide bonds. The van der Waals surface area contributed by atoms with Gasteiger partial charge in [0.1, 0.15) is 0 Å². The molecule has 0 spiro atoms. The lowest BCUT2D eigenvalue weighted by atomic mass is 10.1. The number of carbonyl (C=O) groups excluding carboxylic acids is 1. The van der Waals surface area contributed by atoms with Gasteiger partial charge in [0.05, 0.1) is 31.3 Å². The third-order valence-corrected chi connectivity index (χ3v) is 5.44. The molecule has 2 aromatic rings. The molecule has 1 unspecified atom stereocenters. The summed E-state index contributed by atoms with van der Waals surface area (Å²) in [5, 5.41) is 2.26. The van der Waals surface area contributed by atoms with Gasteiger partial charge in [-0.25, -0.2) is 17.9 Å². The Kier molecular flexibility index (Phi) is 5.95. The zero-order valence-electron chi connectivity index (χ0n) is 15.3. The van der Waals surface area contributed by atoms with Crippen LogP contribution in [0.4, 0.5) is 10.7 Å². The summed E-state index contributed by atoms with van der Waals surface area (Å²) < 4.78 is 43.0. The van der Waals surface area contributed by atoms with Gasteiger partial charge in [-0.3, -0.25) is 5.32 Å². The monoisotopic (exact) mass is 408 g/mol. The van der Waals surface area contributed by atoms with Crippen molar-refractivity contribution in [1.82, 2.24) is 14.7 Å². The quantitative estimate of drug-likeness (QED) is 0.741. The zero-order chi connectivity index (χ0) is 20.1. The number of amides is 2. The Bertz CT molecular complexity index is 938. The molecule has 0 saturated carbocycles. The summed E-state index contributed by atoms with van der Waals surface area (Å²) in [5.41, 5.74) is 0.514. The Balaban J connectivity index is 1.79. The van der Waals surface area contributed by atoms with Crippen LogP contribution >= 0.6 is 0 Å². The number of benzene rings is 1. The first kappa shape index (κ1) is 19.8. The van der Waals surface area contributed by atoms with Crippen molar-refractivity contribution in [2.45, 2.75) is 23.8 Å². The van der Waals surface area contributed by atoms with Crippen LogP contribution in [-0.2, 0) is 14.8 Å². The minimum absolute atomic E-state index is 0.0128. The molecular weight excluding hydrogens is 388 g/mol. The normalized spacial score (nSPS) is 16.4. The number of urea groups is 1. The fourth-order valence-electron chi connectivity index (χ4n) is 2.79. The molecule has 150 valence electrons. The number of nitrogens with zero attached hydrogens (tertiary/aromatic N) is 2. The molecule has 28 heavy (non-hydrogen) atoms. The largest absolute Gasteiger partial charge is 0.481 e. The Morgan fingerprint density at radius 3 is 2.46 bits per heavy atom. The summed E-state index contributed by atoms with van der Waals surface area (Å²) in [5.74, 6) is 0.124. The summed E-state index contributed by atoms with van der Waals surface area (Å²) in [7, 11) is -1.37. The molecule has 0 bridgehead atoms. The molecule has 1 aromatic heterocycles. The molecule has 1 aliphatic heterocycles. The third-order valence-electron chi connectivity index (χ3n) is 4.03. The Morgan fingerprint density at radius 2 is 1.86 bits per heavy atom. The van der Waals surface area contributed by atoms with Crippen LogP contribution in [0.3, 0.4) is 0 Å². The fraction of sp³-hybridized carbons (Fsp3) is 0.353. The van der Waals surface area contributed by atoms with Crippen LogP contribution < -0.4 is 19.5 Å². The second-order valence-corrected chi connectivity index (χ2v) is 7.53. The first-order chi connectivity index (χ1) is 13.4. The van der Waals surface area contributed by atoms with E-state index >= 15 is 0 Å². The second kappa shape index (κ2) is 8.40. The van der Waals surface area contributed by atoms with Gasteiger partial charge in [-0.05, 0) is 18.9 Å². The van der Waals surface area contributed by atoms with E-state index in [9.17, 15) is 13.2 Å². The molecule has 11 heteroatoms. The standard InChI is InChI=1S/C17H20N4O6S/c1-25-14-10-15(26-2)19-16(18-14)20-17(22)21-28(23,24)13-8-4-3-6-11(13)12-7-5-9-27-12/h3-4,6,8,10,12H,5,7,9H2,1-2H3,(H2,18,19,20,21,22). The topological polar surface area (TPSA) is 129 Å². The Hall–Kier alpha value is -2.92. The van der Waals surface area contributed by atoms with E-state index in [0.29, 0.717) is 12.2 Å². The van der Waals surface area contributed by atoms with E-state index in [1.54, 1.807) is 18.2 Å². The van der Waals surface area contributed by atoms with E-state index in [1.807, 2.05) is 4.72 Å².